The summed E-state index contributed by atoms with van der Waals surface area (Å²) in [5.74, 6) is 0.984. The highest BCUT2D eigenvalue weighted by molar-refractivity contribution is 7.80. The van der Waals surface area contributed by atoms with Crippen molar-refractivity contribution in [1.29, 1.82) is 0 Å². The standard InChI is InChI=1S/C23H23ClN2O2S/c1-2-26-19-7-4-8-20(27)21(19)22(25-23(26)29)16-9-11-18(12-10-16)28-14-15-5-3-6-17(24)13-15/h3,5-6,9-13,22H,2,4,7-8,14H2,1H3,(H,25,29). The van der Waals surface area contributed by atoms with E-state index in [1.807, 2.05) is 48.5 Å². The van der Waals surface area contributed by atoms with Crippen molar-refractivity contribution in [2.45, 2.75) is 38.8 Å². The molecule has 1 aliphatic heterocycles. The summed E-state index contributed by atoms with van der Waals surface area (Å²) in [6, 6.07) is 15.3. The summed E-state index contributed by atoms with van der Waals surface area (Å²) in [6.45, 7) is 3.27. The minimum Gasteiger partial charge on any atom is -0.489 e. The molecule has 0 aromatic heterocycles. The molecular formula is C23H23ClN2O2S. The summed E-state index contributed by atoms with van der Waals surface area (Å²) in [7, 11) is 0. The molecule has 150 valence electrons. The first kappa shape index (κ1) is 19.9. The molecule has 0 radical (unpaired) electrons. The highest BCUT2D eigenvalue weighted by Gasteiger charge is 2.36. The maximum atomic E-state index is 12.7. The molecule has 1 aliphatic carbocycles. The van der Waals surface area contributed by atoms with Crippen molar-refractivity contribution in [2.24, 2.45) is 0 Å². The summed E-state index contributed by atoms with van der Waals surface area (Å²) >= 11 is 11.6. The molecule has 2 aromatic rings. The van der Waals surface area contributed by atoms with Gasteiger partial charge in [-0.1, -0.05) is 35.9 Å². The zero-order chi connectivity index (χ0) is 20.4. The van der Waals surface area contributed by atoms with Crippen LogP contribution in [0.2, 0.25) is 5.02 Å². The second kappa shape index (κ2) is 8.56. The minimum absolute atomic E-state index is 0.199. The second-order valence-electron chi connectivity index (χ2n) is 7.25. The topological polar surface area (TPSA) is 41.6 Å². The van der Waals surface area contributed by atoms with Gasteiger partial charge in [-0.2, -0.15) is 0 Å². The van der Waals surface area contributed by atoms with Crippen LogP contribution in [0.4, 0.5) is 0 Å². The predicted octanol–water partition coefficient (Wildman–Crippen LogP) is 5.18. The van der Waals surface area contributed by atoms with E-state index in [-0.39, 0.29) is 11.8 Å². The molecule has 0 saturated heterocycles. The number of ether oxygens (including phenoxy) is 1. The molecule has 0 amide bonds. The predicted molar refractivity (Wildman–Crippen MR) is 119 cm³/mol. The van der Waals surface area contributed by atoms with Gasteiger partial charge in [-0.05, 0) is 67.4 Å². The highest BCUT2D eigenvalue weighted by atomic mass is 35.5. The van der Waals surface area contributed by atoms with E-state index in [4.69, 9.17) is 28.6 Å². The van der Waals surface area contributed by atoms with E-state index in [1.54, 1.807) is 0 Å². The molecule has 0 bridgehead atoms. The number of hydrogen-bond acceptors (Lipinski definition) is 3. The van der Waals surface area contributed by atoms with Crippen molar-refractivity contribution >= 4 is 34.7 Å². The summed E-state index contributed by atoms with van der Waals surface area (Å²) in [6.07, 6.45) is 2.38. The van der Waals surface area contributed by atoms with Gasteiger partial charge in [0, 0.05) is 29.3 Å². The Morgan fingerprint density at radius 1 is 1.21 bits per heavy atom. The number of Topliss-reactive ketones (excluding diaryl/α,β-unsaturated/α-hetero) is 1. The van der Waals surface area contributed by atoms with Crippen LogP contribution in [0.3, 0.4) is 0 Å². The normalized spacial score (nSPS) is 19.1. The average molecular weight is 427 g/mol. The molecular weight excluding hydrogens is 404 g/mol. The minimum atomic E-state index is -0.199. The van der Waals surface area contributed by atoms with Crippen LogP contribution in [0, 0.1) is 0 Å². The fourth-order valence-corrected chi connectivity index (χ4v) is 4.56. The van der Waals surface area contributed by atoms with Crippen LogP contribution in [0.1, 0.15) is 43.4 Å². The van der Waals surface area contributed by atoms with Crippen molar-refractivity contribution < 1.29 is 9.53 Å². The Morgan fingerprint density at radius 3 is 2.72 bits per heavy atom. The number of nitrogens with one attached hydrogen (secondary N) is 1. The van der Waals surface area contributed by atoms with Crippen molar-refractivity contribution in [3.05, 3.63) is 76.0 Å². The van der Waals surface area contributed by atoms with Crippen LogP contribution in [-0.4, -0.2) is 22.3 Å². The number of halogens is 1. The van der Waals surface area contributed by atoms with E-state index in [0.29, 0.717) is 23.2 Å². The SMILES string of the molecule is CCN1C(=S)NC(c2ccc(OCc3cccc(Cl)c3)cc2)C2=C1CCCC2=O. The van der Waals surface area contributed by atoms with Crippen LogP contribution < -0.4 is 10.1 Å². The number of rotatable bonds is 5. The largest absolute Gasteiger partial charge is 0.489 e. The lowest BCUT2D eigenvalue weighted by Crippen LogP contribution is -2.49. The van der Waals surface area contributed by atoms with Crippen LogP contribution in [-0.2, 0) is 11.4 Å². The van der Waals surface area contributed by atoms with Crippen LogP contribution in [0.5, 0.6) is 5.75 Å². The summed E-state index contributed by atoms with van der Waals surface area (Å²) < 4.78 is 5.88. The first-order valence-electron chi connectivity index (χ1n) is 9.88. The molecule has 1 heterocycles. The summed E-state index contributed by atoms with van der Waals surface area (Å²) in [4.78, 5) is 14.8. The Bertz CT molecular complexity index is 971. The fourth-order valence-electron chi connectivity index (χ4n) is 3.99. The lowest BCUT2D eigenvalue weighted by molar-refractivity contribution is -0.116. The number of allylic oxidation sites excluding steroid dienone is 1. The van der Waals surface area contributed by atoms with Gasteiger partial charge in [-0.25, -0.2) is 0 Å². The molecule has 1 atom stereocenters. The third kappa shape index (κ3) is 4.16. The Morgan fingerprint density at radius 2 is 2.00 bits per heavy atom. The molecule has 0 spiro atoms. The molecule has 4 nitrogen and oxygen atoms in total. The first-order chi connectivity index (χ1) is 14.1. The molecule has 29 heavy (non-hydrogen) atoms. The van der Waals surface area contributed by atoms with Crippen molar-refractivity contribution in [2.75, 3.05) is 6.54 Å². The molecule has 1 N–H and O–H groups in total. The van der Waals surface area contributed by atoms with Crippen molar-refractivity contribution in [3.8, 4) is 5.75 Å². The molecule has 4 rings (SSSR count). The van der Waals surface area contributed by atoms with E-state index in [2.05, 4.69) is 17.1 Å². The summed E-state index contributed by atoms with van der Waals surface area (Å²) in [5.41, 5.74) is 3.97. The van der Waals surface area contributed by atoms with E-state index >= 15 is 0 Å². The maximum absolute atomic E-state index is 12.7. The van der Waals surface area contributed by atoms with E-state index in [0.717, 1.165) is 47.5 Å². The number of nitrogens with zero attached hydrogens (tertiary/aromatic N) is 1. The molecule has 0 fully saturated rings. The lowest BCUT2D eigenvalue weighted by atomic mass is 9.85. The van der Waals surface area contributed by atoms with Gasteiger partial charge in [-0.15, -0.1) is 0 Å². The Balaban J connectivity index is 1.55. The number of ketones is 1. The van der Waals surface area contributed by atoms with E-state index in [9.17, 15) is 4.79 Å². The Kier molecular flexibility index (Phi) is 5.88. The third-order valence-corrected chi connectivity index (χ3v) is 5.95. The number of benzene rings is 2. The first-order valence-corrected chi connectivity index (χ1v) is 10.7. The second-order valence-corrected chi connectivity index (χ2v) is 8.07. The fraction of sp³-hybridized carbons (Fsp3) is 0.304. The average Bonchev–Trinajstić information content (AvgIpc) is 2.72. The molecule has 0 saturated carbocycles. The molecule has 1 unspecified atom stereocenters. The quantitative estimate of drug-likeness (QED) is 0.667. The molecule has 2 aromatic carbocycles. The zero-order valence-corrected chi connectivity index (χ0v) is 17.9. The number of hydrogen-bond donors (Lipinski definition) is 1. The van der Waals surface area contributed by atoms with Gasteiger partial charge < -0.3 is 15.0 Å². The van der Waals surface area contributed by atoms with Gasteiger partial charge in [0.1, 0.15) is 12.4 Å². The number of carbonyl (C=O) groups is 1. The van der Waals surface area contributed by atoms with E-state index in [1.165, 1.54) is 0 Å². The van der Waals surface area contributed by atoms with Gasteiger partial charge in [0.15, 0.2) is 10.9 Å². The molecule has 2 aliphatic rings. The Hall–Kier alpha value is -2.37. The van der Waals surface area contributed by atoms with Crippen LogP contribution >= 0.6 is 23.8 Å². The number of thiocarbonyl (C=S) groups is 1. The zero-order valence-electron chi connectivity index (χ0n) is 16.3. The van der Waals surface area contributed by atoms with Crippen molar-refractivity contribution in [1.82, 2.24) is 10.2 Å². The van der Waals surface area contributed by atoms with E-state index < -0.39 is 0 Å². The van der Waals surface area contributed by atoms with Crippen LogP contribution in [0.25, 0.3) is 0 Å². The maximum Gasteiger partial charge on any atom is 0.173 e. The number of carbonyl (C=O) groups excluding carboxylic acids is 1. The molecule has 6 heteroatoms. The van der Waals surface area contributed by atoms with Gasteiger partial charge in [0.2, 0.25) is 0 Å². The van der Waals surface area contributed by atoms with Crippen LogP contribution in [0.15, 0.2) is 59.8 Å². The monoisotopic (exact) mass is 426 g/mol. The Labute approximate surface area is 181 Å². The summed E-state index contributed by atoms with van der Waals surface area (Å²) in [5, 5.41) is 4.75. The van der Waals surface area contributed by atoms with Gasteiger partial charge in [-0.3, -0.25) is 4.79 Å². The van der Waals surface area contributed by atoms with Crippen molar-refractivity contribution in [3.63, 3.8) is 0 Å². The van der Waals surface area contributed by atoms with Gasteiger partial charge in [0.25, 0.3) is 0 Å². The third-order valence-electron chi connectivity index (χ3n) is 5.38. The van der Waals surface area contributed by atoms with Gasteiger partial charge in [0.05, 0.1) is 6.04 Å². The lowest BCUT2D eigenvalue weighted by Gasteiger charge is -2.40. The van der Waals surface area contributed by atoms with Gasteiger partial charge >= 0.3 is 0 Å². The smallest absolute Gasteiger partial charge is 0.173 e. The highest BCUT2D eigenvalue weighted by Crippen LogP contribution is 2.37.